The molecule has 1 atom stereocenters. The van der Waals surface area contributed by atoms with Crippen LogP contribution in [0.1, 0.15) is 109 Å². The van der Waals surface area contributed by atoms with Crippen molar-refractivity contribution in [2.75, 3.05) is 25.0 Å². The Morgan fingerprint density at radius 3 is 2.51 bits per heavy atom. The fourth-order valence-corrected chi connectivity index (χ4v) is 5.02. The molecule has 0 radical (unpaired) electrons. The number of nitrogens with zero attached hydrogens (tertiary/aromatic N) is 2. The molecule has 0 amide bonds. The Balaban J connectivity index is 0.000000350. The molecule has 2 aliphatic heterocycles. The Morgan fingerprint density at radius 1 is 1.18 bits per heavy atom. The third kappa shape index (κ3) is 11.3. The average molecular weight is 553 g/mol. The van der Waals surface area contributed by atoms with Gasteiger partial charge in [-0.25, -0.2) is 4.98 Å². The van der Waals surface area contributed by atoms with Gasteiger partial charge in [0.2, 0.25) is 0 Å². The lowest BCUT2D eigenvalue weighted by atomic mass is 9.91. The molecule has 0 aliphatic carbocycles. The van der Waals surface area contributed by atoms with Crippen molar-refractivity contribution in [3.8, 4) is 0 Å². The van der Waals surface area contributed by atoms with Gasteiger partial charge >= 0.3 is 0 Å². The van der Waals surface area contributed by atoms with Crippen LogP contribution in [0.4, 0.5) is 5.82 Å². The number of hydrogen-bond donors (Lipinski definition) is 2. The molecular formula is C34H53ClN4. The van der Waals surface area contributed by atoms with Gasteiger partial charge < -0.3 is 10.7 Å². The van der Waals surface area contributed by atoms with E-state index in [9.17, 15) is 0 Å². The smallest absolute Gasteiger partial charge is 0.129 e. The first-order chi connectivity index (χ1) is 18.9. The van der Waals surface area contributed by atoms with Crippen LogP contribution in [0.3, 0.4) is 0 Å². The summed E-state index contributed by atoms with van der Waals surface area (Å²) >= 11 is 6.12. The summed E-state index contributed by atoms with van der Waals surface area (Å²) in [6.45, 7) is 21.2. The topological polar surface area (TPSA) is 52.0 Å². The van der Waals surface area contributed by atoms with Crippen LogP contribution in [0.2, 0.25) is 5.02 Å². The van der Waals surface area contributed by atoms with Crippen LogP contribution in [-0.2, 0) is 12.8 Å². The molecule has 0 spiro atoms. The Hall–Kier alpha value is -2.39. The van der Waals surface area contributed by atoms with Crippen molar-refractivity contribution in [1.29, 1.82) is 5.41 Å². The van der Waals surface area contributed by atoms with Gasteiger partial charge in [-0.3, -0.25) is 4.90 Å². The van der Waals surface area contributed by atoms with Crippen molar-refractivity contribution < 1.29 is 0 Å². The molecule has 2 N–H and O–H groups in total. The van der Waals surface area contributed by atoms with Crippen molar-refractivity contribution in [2.45, 2.75) is 99.5 Å². The second kappa shape index (κ2) is 19.6. The van der Waals surface area contributed by atoms with Gasteiger partial charge in [0.25, 0.3) is 0 Å². The van der Waals surface area contributed by atoms with Crippen molar-refractivity contribution in [3.05, 3.63) is 76.1 Å². The SMILES string of the molecule is C=C=CC(c1cc(Cl)ccc1C(C)=N)N1CC(C)C1.CC.CC.CCCCCCc1ccc2c(n1)NCCC2. The van der Waals surface area contributed by atoms with E-state index in [4.69, 9.17) is 22.0 Å². The predicted molar refractivity (Wildman–Crippen MR) is 173 cm³/mol. The number of aromatic nitrogens is 1. The zero-order chi connectivity index (χ0) is 29.2. The van der Waals surface area contributed by atoms with Gasteiger partial charge in [0.05, 0.1) is 6.04 Å². The van der Waals surface area contributed by atoms with Gasteiger partial charge in [-0.05, 0) is 73.9 Å². The number of fused-ring (bicyclic) bond motifs is 1. The number of halogens is 1. The molecule has 0 saturated carbocycles. The number of likely N-dealkylation sites (tertiary alicyclic amines) is 1. The van der Waals surface area contributed by atoms with Gasteiger partial charge in [0.1, 0.15) is 5.82 Å². The van der Waals surface area contributed by atoms with Crippen molar-refractivity contribution in [3.63, 3.8) is 0 Å². The van der Waals surface area contributed by atoms with Crippen molar-refractivity contribution >= 4 is 23.1 Å². The summed E-state index contributed by atoms with van der Waals surface area (Å²) in [5, 5.41) is 12.0. The van der Waals surface area contributed by atoms with Crippen LogP contribution in [-0.4, -0.2) is 35.2 Å². The number of pyridine rings is 1. The maximum atomic E-state index is 7.92. The Bertz CT molecular complexity index is 1040. The Labute approximate surface area is 244 Å². The lowest BCUT2D eigenvalue weighted by Gasteiger charge is -2.42. The maximum absolute atomic E-state index is 7.92. The van der Waals surface area contributed by atoms with Crippen molar-refractivity contribution in [2.24, 2.45) is 5.92 Å². The molecule has 39 heavy (non-hydrogen) atoms. The molecular weight excluding hydrogens is 500 g/mol. The first-order valence-electron chi connectivity index (χ1n) is 15.1. The highest BCUT2D eigenvalue weighted by Crippen LogP contribution is 2.33. The van der Waals surface area contributed by atoms with Gasteiger partial charge in [-0.2, -0.15) is 0 Å². The Kier molecular flexibility index (Phi) is 17.4. The number of anilines is 1. The van der Waals surface area contributed by atoms with Gasteiger partial charge in [-0.1, -0.05) is 91.1 Å². The number of aryl methyl sites for hydroxylation is 2. The summed E-state index contributed by atoms with van der Waals surface area (Å²) in [4.78, 5) is 7.06. The molecule has 2 aliphatic rings. The molecule has 0 bridgehead atoms. The molecule has 3 heterocycles. The summed E-state index contributed by atoms with van der Waals surface area (Å²) in [5.41, 5.74) is 8.11. The first-order valence-corrected chi connectivity index (χ1v) is 15.5. The van der Waals surface area contributed by atoms with E-state index in [-0.39, 0.29) is 6.04 Å². The Morgan fingerprint density at radius 2 is 1.90 bits per heavy atom. The van der Waals surface area contributed by atoms with Crippen LogP contribution in [0.5, 0.6) is 0 Å². The van der Waals surface area contributed by atoms with E-state index in [1.807, 2.05) is 52.0 Å². The molecule has 4 nitrogen and oxygen atoms in total. The lowest BCUT2D eigenvalue weighted by molar-refractivity contribution is 0.0829. The maximum Gasteiger partial charge on any atom is 0.129 e. The van der Waals surface area contributed by atoms with Gasteiger partial charge in [0.15, 0.2) is 0 Å². The zero-order valence-electron chi connectivity index (χ0n) is 25.7. The minimum absolute atomic E-state index is 0.114. The lowest BCUT2D eigenvalue weighted by Crippen LogP contribution is -2.46. The number of rotatable bonds is 9. The summed E-state index contributed by atoms with van der Waals surface area (Å²) in [6.07, 6.45) is 10.8. The summed E-state index contributed by atoms with van der Waals surface area (Å²) in [6, 6.07) is 10.3. The summed E-state index contributed by atoms with van der Waals surface area (Å²) in [5.74, 6) is 1.86. The first kappa shape index (κ1) is 34.6. The minimum atomic E-state index is 0.114. The fourth-order valence-electron chi connectivity index (χ4n) is 4.84. The van der Waals surface area contributed by atoms with E-state index in [0.29, 0.717) is 10.7 Å². The molecule has 1 saturated heterocycles. The predicted octanol–water partition coefficient (Wildman–Crippen LogP) is 9.68. The monoisotopic (exact) mass is 552 g/mol. The zero-order valence-corrected chi connectivity index (χ0v) is 26.4. The van der Waals surface area contributed by atoms with Crippen molar-refractivity contribution in [1.82, 2.24) is 9.88 Å². The standard InChI is InChI=1S/C16H19ClN2.C14H22N2.2C2H6/c1-4-5-16(19-9-11(2)10-19)15-8-13(17)6-7-14(15)12(3)18;1-2-3-4-5-8-13-10-9-12-7-6-11-15-14(12)16-13;2*1-2/h5-8,11,16,18H,1,9-10H2,2-3H3;9-10H,2-8,11H2,1H3,(H,15,16);2*1-2H3. The molecule has 216 valence electrons. The average Bonchev–Trinajstić information content (AvgIpc) is 2.95. The van der Waals surface area contributed by atoms with E-state index < -0.39 is 0 Å². The van der Waals surface area contributed by atoms with Gasteiger partial charge in [-0.15, -0.1) is 5.73 Å². The van der Waals surface area contributed by atoms with Gasteiger partial charge in [0, 0.05) is 41.6 Å². The number of benzene rings is 1. The fraction of sp³-hybridized carbons (Fsp3) is 0.559. The summed E-state index contributed by atoms with van der Waals surface area (Å²) in [7, 11) is 0. The number of hydrogen-bond acceptors (Lipinski definition) is 4. The minimum Gasteiger partial charge on any atom is -0.370 e. The highest BCUT2D eigenvalue weighted by Gasteiger charge is 2.30. The second-order valence-electron chi connectivity index (χ2n) is 9.88. The molecule has 1 fully saturated rings. The van der Waals surface area contributed by atoms with Crippen LogP contribution in [0.15, 0.2) is 48.7 Å². The number of unbranched alkanes of at least 4 members (excludes halogenated alkanes) is 3. The van der Waals surface area contributed by atoms with E-state index in [2.05, 4.69) is 48.5 Å². The molecule has 4 rings (SSSR count). The normalized spacial score (nSPS) is 14.7. The molecule has 2 aromatic rings. The molecule has 1 unspecified atom stereocenters. The highest BCUT2D eigenvalue weighted by atomic mass is 35.5. The van der Waals surface area contributed by atoms with E-state index in [1.165, 1.54) is 49.8 Å². The highest BCUT2D eigenvalue weighted by molar-refractivity contribution is 6.30. The van der Waals surface area contributed by atoms with E-state index in [1.54, 1.807) is 6.92 Å². The number of nitrogens with one attached hydrogen (secondary N) is 2. The summed E-state index contributed by atoms with van der Waals surface area (Å²) < 4.78 is 0. The van der Waals surface area contributed by atoms with Crippen LogP contribution < -0.4 is 5.32 Å². The quantitative estimate of drug-likeness (QED) is 0.185. The largest absolute Gasteiger partial charge is 0.370 e. The van der Waals surface area contributed by atoms with Crippen LogP contribution in [0.25, 0.3) is 0 Å². The molecule has 5 heteroatoms. The third-order valence-corrected chi connectivity index (χ3v) is 6.97. The molecule has 1 aromatic heterocycles. The van der Waals surface area contributed by atoms with E-state index in [0.717, 1.165) is 48.9 Å². The van der Waals surface area contributed by atoms with Crippen LogP contribution >= 0.6 is 11.6 Å². The van der Waals surface area contributed by atoms with E-state index >= 15 is 0 Å². The van der Waals surface area contributed by atoms with Crippen LogP contribution in [0, 0.1) is 11.3 Å². The third-order valence-electron chi connectivity index (χ3n) is 6.74. The second-order valence-corrected chi connectivity index (χ2v) is 10.3. The molecule has 1 aromatic carbocycles.